The maximum Gasteiger partial charge on any atom is 0.335 e. The molecular formula is C41H38F5N3O7S. The Morgan fingerprint density at radius 1 is 0.842 bits per heavy atom. The van der Waals surface area contributed by atoms with Gasteiger partial charge in [0.25, 0.3) is 0 Å². The number of sulfonamides is 1. The van der Waals surface area contributed by atoms with Gasteiger partial charge >= 0.3 is 5.97 Å². The number of rotatable bonds is 15. The summed E-state index contributed by atoms with van der Waals surface area (Å²) >= 11 is 0. The van der Waals surface area contributed by atoms with Crippen molar-refractivity contribution in [3.63, 3.8) is 0 Å². The van der Waals surface area contributed by atoms with Gasteiger partial charge in [-0.05, 0) is 89.6 Å². The van der Waals surface area contributed by atoms with Crippen molar-refractivity contribution in [2.45, 2.75) is 81.9 Å². The summed E-state index contributed by atoms with van der Waals surface area (Å²) in [4.78, 5) is 25.7. The van der Waals surface area contributed by atoms with Gasteiger partial charge in [0.1, 0.15) is 17.6 Å². The van der Waals surface area contributed by atoms with Crippen molar-refractivity contribution >= 4 is 27.6 Å². The molecule has 0 radical (unpaired) electrons. The highest BCUT2D eigenvalue weighted by Gasteiger charge is 2.39. The molecule has 0 spiro atoms. The average Bonchev–Trinajstić information content (AvgIpc) is 4.11. The van der Waals surface area contributed by atoms with Crippen LogP contribution in [0.25, 0.3) is 0 Å². The number of benzene rings is 4. The van der Waals surface area contributed by atoms with E-state index in [1.54, 1.807) is 6.07 Å². The van der Waals surface area contributed by atoms with Gasteiger partial charge in [-0.2, -0.15) is 9.57 Å². The van der Waals surface area contributed by atoms with E-state index in [9.17, 15) is 36.3 Å². The number of anilines is 1. The van der Waals surface area contributed by atoms with Crippen molar-refractivity contribution in [1.82, 2.24) is 4.31 Å². The molecule has 2 fully saturated rings. The van der Waals surface area contributed by atoms with Gasteiger partial charge in [0.2, 0.25) is 21.7 Å². The highest BCUT2D eigenvalue weighted by molar-refractivity contribution is 7.89. The lowest BCUT2D eigenvalue weighted by Gasteiger charge is -2.30. The molecule has 0 unspecified atom stereocenters. The van der Waals surface area contributed by atoms with Gasteiger partial charge < -0.3 is 19.5 Å². The smallest absolute Gasteiger partial charge is 0.335 e. The minimum atomic E-state index is -5.70. The zero-order valence-corrected chi connectivity index (χ0v) is 31.9. The van der Waals surface area contributed by atoms with Gasteiger partial charge in [-0.15, -0.1) is 0 Å². The molecule has 0 atom stereocenters. The SMILES string of the molecule is CC(C)(C)c1cc(CN(C(=O)CN(Cc2ccc(OCC#N)cc2)S(=O)(=O)c2c(F)c(F)c(F)c(F)c2F)c2ccc(C(=O)O)cc2OC2CC2)cc(C2CC2)c1. The Kier molecular flexibility index (Phi) is 11.6. The van der Waals surface area contributed by atoms with E-state index in [2.05, 4.69) is 6.07 Å². The molecule has 0 heterocycles. The van der Waals surface area contributed by atoms with Gasteiger partial charge in [0.15, 0.2) is 34.8 Å². The topological polar surface area (TPSA) is 137 Å². The van der Waals surface area contributed by atoms with E-state index in [-0.39, 0.29) is 58.9 Å². The highest BCUT2D eigenvalue weighted by Crippen LogP contribution is 2.43. The Labute approximate surface area is 326 Å². The monoisotopic (exact) mass is 811 g/mol. The normalized spacial score (nSPS) is 14.3. The largest absolute Gasteiger partial charge is 0.488 e. The highest BCUT2D eigenvalue weighted by atomic mass is 32.2. The first-order valence-corrected chi connectivity index (χ1v) is 19.4. The number of carboxylic acids is 1. The Morgan fingerprint density at radius 2 is 1.47 bits per heavy atom. The van der Waals surface area contributed by atoms with E-state index >= 15 is 8.78 Å². The molecule has 16 heteroatoms. The Bertz CT molecular complexity index is 2340. The van der Waals surface area contributed by atoms with Gasteiger partial charge in [0.05, 0.1) is 30.4 Å². The second kappa shape index (κ2) is 16.1. The van der Waals surface area contributed by atoms with E-state index in [4.69, 9.17) is 14.7 Å². The number of carboxylic acid groups (broad SMARTS) is 1. The summed E-state index contributed by atoms with van der Waals surface area (Å²) in [6.45, 7) is 3.54. The minimum absolute atomic E-state index is 0.00210. The van der Waals surface area contributed by atoms with E-state index in [0.717, 1.165) is 28.9 Å². The zero-order chi connectivity index (χ0) is 41.4. The molecule has 0 saturated heterocycles. The Hall–Kier alpha value is -5.53. The number of hydrogen-bond acceptors (Lipinski definition) is 7. The molecule has 2 saturated carbocycles. The van der Waals surface area contributed by atoms with Crippen molar-refractivity contribution in [3.8, 4) is 17.6 Å². The molecule has 0 aliphatic heterocycles. The molecule has 57 heavy (non-hydrogen) atoms. The van der Waals surface area contributed by atoms with Gasteiger partial charge in [-0.3, -0.25) is 4.79 Å². The standard InChI is InChI=1S/C41H38F5N3O7S/c1-41(2,3)28-17-24(16-27(18-28)25-6-7-25)21-49(31-13-8-26(40(51)52)19-32(31)56-30-11-12-30)33(50)22-48(20-23-4-9-29(10-5-23)55-15-14-47)57(53,54)39-37(45)35(43)34(42)36(44)38(39)46/h4-5,8-10,13,16-19,25,30H,6-7,11-12,15,20-22H2,1-3H3,(H,51,52). The number of ether oxygens (including phenoxy) is 2. The lowest BCUT2D eigenvalue weighted by atomic mass is 9.84. The lowest BCUT2D eigenvalue weighted by Crippen LogP contribution is -2.43. The van der Waals surface area contributed by atoms with Crippen molar-refractivity contribution in [1.29, 1.82) is 5.26 Å². The number of nitrogens with zero attached hydrogens (tertiary/aromatic N) is 3. The first-order valence-electron chi connectivity index (χ1n) is 18.0. The van der Waals surface area contributed by atoms with Crippen molar-refractivity contribution < 1.29 is 54.5 Å². The van der Waals surface area contributed by atoms with Gasteiger partial charge in [0, 0.05) is 6.54 Å². The summed E-state index contributed by atoms with van der Waals surface area (Å²) in [5, 5.41) is 18.6. The number of hydrogen-bond donors (Lipinski definition) is 1. The molecule has 4 aromatic rings. The third-order valence-corrected chi connectivity index (χ3v) is 11.4. The number of halogens is 5. The quantitative estimate of drug-likeness (QED) is 0.0723. The van der Waals surface area contributed by atoms with Gasteiger partial charge in [-0.25, -0.2) is 35.2 Å². The first kappa shape index (κ1) is 41.1. The summed E-state index contributed by atoms with van der Waals surface area (Å²) in [6, 6.07) is 16.9. The molecule has 6 rings (SSSR count). The summed E-state index contributed by atoms with van der Waals surface area (Å²) in [6.07, 6.45) is 2.93. The predicted molar refractivity (Wildman–Crippen MR) is 197 cm³/mol. The zero-order valence-electron chi connectivity index (χ0n) is 31.1. The minimum Gasteiger partial charge on any atom is -0.488 e. The van der Waals surface area contributed by atoms with Crippen LogP contribution in [0.5, 0.6) is 11.5 Å². The molecular weight excluding hydrogens is 774 g/mol. The third kappa shape index (κ3) is 9.21. The molecule has 10 nitrogen and oxygen atoms in total. The average molecular weight is 812 g/mol. The second-order valence-electron chi connectivity index (χ2n) is 15.0. The van der Waals surface area contributed by atoms with E-state index in [1.807, 2.05) is 32.9 Å². The maximum atomic E-state index is 15.2. The molecule has 1 N–H and O–H groups in total. The van der Waals surface area contributed by atoms with Crippen LogP contribution >= 0.6 is 0 Å². The number of carbonyl (C=O) groups excluding carboxylic acids is 1. The fourth-order valence-corrected chi connectivity index (χ4v) is 7.62. The van der Waals surface area contributed by atoms with Crippen molar-refractivity contribution in [2.75, 3.05) is 18.1 Å². The molecule has 300 valence electrons. The molecule has 1 amide bonds. The second-order valence-corrected chi connectivity index (χ2v) is 16.9. The van der Waals surface area contributed by atoms with Crippen LogP contribution in [0.3, 0.4) is 0 Å². The van der Waals surface area contributed by atoms with Crippen LogP contribution in [0.15, 0.2) is 65.6 Å². The predicted octanol–water partition coefficient (Wildman–Crippen LogP) is 8.12. The number of aromatic carboxylic acids is 1. The third-order valence-electron chi connectivity index (χ3n) is 9.55. The molecule has 0 aromatic heterocycles. The van der Waals surface area contributed by atoms with Crippen LogP contribution in [-0.2, 0) is 33.3 Å². The molecule has 0 bridgehead atoms. The van der Waals surface area contributed by atoms with E-state index < -0.39 is 69.0 Å². The Balaban J connectivity index is 1.48. The van der Waals surface area contributed by atoms with Crippen LogP contribution in [0.4, 0.5) is 27.6 Å². The molecule has 2 aliphatic carbocycles. The summed E-state index contributed by atoms with van der Waals surface area (Å²) < 4.78 is 113. The van der Waals surface area contributed by atoms with E-state index in [1.165, 1.54) is 42.5 Å². The van der Waals surface area contributed by atoms with E-state index in [0.29, 0.717) is 22.7 Å². The number of carbonyl (C=O) groups is 2. The molecule has 4 aromatic carbocycles. The van der Waals surface area contributed by atoms with Crippen LogP contribution in [0.2, 0.25) is 0 Å². The summed E-state index contributed by atoms with van der Waals surface area (Å²) in [5.41, 5.74) is 2.28. The Morgan fingerprint density at radius 3 is 2.04 bits per heavy atom. The van der Waals surface area contributed by atoms with Crippen LogP contribution < -0.4 is 14.4 Å². The molecule has 2 aliphatic rings. The van der Waals surface area contributed by atoms with Crippen LogP contribution in [0.1, 0.15) is 85.0 Å². The fraction of sp³-hybridized carbons (Fsp3) is 0.341. The van der Waals surface area contributed by atoms with Gasteiger partial charge in [-0.1, -0.05) is 51.1 Å². The lowest BCUT2D eigenvalue weighted by molar-refractivity contribution is -0.119. The van der Waals surface area contributed by atoms with Crippen molar-refractivity contribution in [3.05, 3.63) is 118 Å². The van der Waals surface area contributed by atoms with Crippen molar-refractivity contribution in [2.24, 2.45) is 0 Å². The number of amides is 1. The van der Waals surface area contributed by atoms with Crippen LogP contribution in [0, 0.1) is 40.4 Å². The summed E-state index contributed by atoms with van der Waals surface area (Å²) in [7, 11) is -5.70. The first-order chi connectivity index (χ1) is 26.9. The fourth-order valence-electron chi connectivity index (χ4n) is 6.13. The van der Waals surface area contributed by atoms with Crippen LogP contribution in [-0.4, -0.2) is 49.0 Å². The maximum absolute atomic E-state index is 15.2. The number of nitriles is 1. The summed E-state index contributed by atoms with van der Waals surface area (Å²) in [5.74, 6) is -14.6.